The molecule has 0 radical (unpaired) electrons. The Morgan fingerprint density at radius 1 is 1.20 bits per heavy atom. The number of carbonyl (C=O) groups excluding carboxylic acids is 1. The Bertz CT molecular complexity index is 842. The van der Waals surface area contributed by atoms with E-state index >= 15 is 0 Å². The predicted octanol–water partition coefficient (Wildman–Crippen LogP) is 3.08. The van der Waals surface area contributed by atoms with E-state index in [9.17, 15) is 13.6 Å². The smallest absolute Gasteiger partial charge is 0.387 e. The lowest BCUT2D eigenvalue weighted by molar-refractivity contribution is -0.129. The molecule has 1 amide bonds. The van der Waals surface area contributed by atoms with Gasteiger partial charge in [-0.05, 0) is 35.4 Å². The number of guanidine groups is 1. The van der Waals surface area contributed by atoms with Gasteiger partial charge in [0.05, 0.1) is 0 Å². The van der Waals surface area contributed by atoms with Crippen molar-refractivity contribution >= 4 is 27.8 Å². The lowest BCUT2D eigenvalue weighted by Crippen LogP contribution is -2.41. The van der Waals surface area contributed by atoms with Crippen molar-refractivity contribution in [2.45, 2.75) is 12.2 Å². The van der Waals surface area contributed by atoms with Gasteiger partial charge < -0.3 is 10.5 Å². The van der Waals surface area contributed by atoms with Crippen LogP contribution in [0.5, 0.6) is 5.75 Å². The fourth-order valence-electron chi connectivity index (χ4n) is 2.78. The minimum Gasteiger partial charge on any atom is -0.435 e. The van der Waals surface area contributed by atoms with E-state index in [1.54, 1.807) is 18.2 Å². The third-order valence-electron chi connectivity index (χ3n) is 3.98. The molecule has 1 aliphatic rings. The first-order valence-corrected chi connectivity index (χ1v) is 8.09. The van der Waals surface area contributed by atoms with E-state index in [1.807, 2.05) is 6.07 Å². The highest BCUT2D eigenvalue weighted by Crippen LogP contribution is 2.40. The SMILES string of the molecule is CN1C(=O)[C@](c2ccc(OC(F)F)cc2)(c2cccc(Br)c2)N=C1N. The van der Waals surface area contributed by atoms with Gasteiger partial charge in [-0.2, -0.15) is 8.78 Å². The Labute approximate surface area is 151 Å². The maximum atomic E-state index is 13.0. The van der Waals surface area contributed by atoms with Crippen molar-refractivity contribution in [2.24, 2.45) is 10.7 Å². The molecule has 0 aromatic heterocycles. The minimum atomic E-state index is -2.92. The maximum Gasteiger partial charge on any atom is 0.387 e. The molecule has 1 aliphatic heterocycles. The number of nitrogens with two attached hydrogens (primary N) is 1. The zero-order valence-electron chi connectivity index (χ0n) is 13.1. The molecule has 1 atom stereocenters. The number of hydrogen-bond donors (Lipinski definition) is 1. The summed E-state index contributed by atoms with van der Waals surface area (Å²) in [6.45, 7) is -2.92. The number of benzene rings is 2. The second-order valence-corrected chi connectivity index (χ2v) is 6.37. The molecule has 0 spiro atoms. The molecule has 1 heterocycles. The third kappa shape index (κ3) is 2.97. The van der Waals surface area contributed by atoms with E-state index in [0.717, 1.165) is 4.47 Å². The number of aliphatic imine (C=N–C) groups is 1. The summed E-state index contributed by atoms with van der Waals surface area (Å²) in [5, 5.41) is 0. The van der Waals surface area contributed by atoms with Gasteiger partial charge in [0.1, 0.15) is 5.75 Å². The molecule has 130 valence electrons. The van der Waals surface area contributed by atoms with Crippen LogP contribution in [0.2, 0.25) is 0 Å². The average molecular weight is 410 g/mol. The second-order valence-electron chi connectivity index (χ2n) is 5.46. The largest absolute Gasteiger partial charge is 0.435 e. The summed E-state index contributed by atoms with van der Waals surface area (Å²) < 4.78 is 29.8. The number of halogens is 3. The first kappa shape index (κ1) is 17.3. The van der Waals surface area contributed by atoms with Crippen LogP contribution < -0.4 is 10.5 Å². The van der Waals surface area contributed by atoms with Gasteiger partial charge in [0.25, 0.3) is 5.91 Å². The third-order valence-corrected chi connectivity index (χ3v) is 4.47. The molecule has 2 aromatic rings. The standard InChI is InChI=1S/C17H14BrF2N3O2/c1-23-14(24)17(22-16(23)21,11-3-2-4-12(18)9-11)10-5-7-13(8-6-10)25-15(19)20/h2-9,15H,1H3,(H2,21,22)/t17-/m0/s1. The van der Waals surface area contributed by atoms with Crippen LogP contribution >= 0.6 is 15.9 Å². The Kier molecular flexibility index (Phi) is 4.47. The van der Waals surface area contributed by atoms with Crippen LogP contribution in [0.1, 0.15) is 11.1 Å². The van der Waals surface area contributed by atoms with Gasteiger partial charge in [-0.3, -0.25) is 9.69 Å². The van der Waals surface area contributed by atoms with Gasteiger partial charge in [-0.25, -0.2) is 4.99 Å². The summed E-state index contributed by atoms with van der Waals surface area (Å²) in [6.07, 6.45) is 0. The van der Waals surface area contributed by atoms with Crippen LogP contribution in [0.4, 0.5) is 8.78 Å². The van der Waals surface area contributed by atoms with E-state index in [-0.39, 0.29) is 17.6 Å². The van der Waals surface area contributed by atoms with E-state index in [1.165, 1.54) is 36.2 Å². The predicted molar refractivity (Wildman–Crippen MR) is 92.4 cm³/mol. The molecule has 0 aliphatic carbocycles. The molecule has 8 heteroatoms. The summed E-state index contributed by atoms with van der Waals surface area (Å²) in [5.74, 6) is -0.248. The number of ether oxygens (including phenoxy) is 1. The minimum absolute atomic E-state index is 0.00102. The quantitative estimate of drug-likeness (QED) is 0.843. The molecule has 0 saturated heterocycles. The Morgan fingerprint density at radius 3 is 2.40 bits per heavy atom. The van der Waals surface area contributed by atoms with Gasteiger partial charge in [-0.1, -0.05) is 40.2 Å². The van der Waals surface area contributed by atoms with Crippen LogP contribution in [0.15, 0.2) is 58.0 Å². The van der Waals surface area contributed by atoms with Crippen LogP contribution in [0.25, 0.3) is 0 Å². The van der Waals surface area contributed by atoms with E-state index in [4.69, 9.17) is 5.73 Å². The van der Waals surface area contributed by atoms with Crippen LogP contribution in [-0.4, -0.2) is 30.4 Å². The van der Waals surface area contributed by atoms with Crippen molar-refractivity contribution in [1.82, 2.24) is 4.90 Å². The molecule has 0 unspecified atom stereocenters. The Morgan fingerprint density at radius 2 is 1.88 bits per heavy atom. The molecule has 3 rings (SSSR count). The van der Waals surface area contributed by atoms with Crippen molar-refractivity contribution in [3.63, 3.8) is 0 Å². The van der Waals surface area contributed by atoms with Crippen LogP contribution in [0.3, 0.4) is 0 Å². The molecular weight excluding hydrogens is 396 g/mol. The highest BCUT2D eigenvalue weighted by Gasteiger charge is 2.49. The van der Waals surface area contributed by atoms with Crippen molar-refractivity contribution < 1.29 is 18.3 Å². The maximum absolute atomic E-state index is 13.0. The highest BCUT2D eigenvalue weighted by atomic mass is 79.9. The van der Waals surface area contributed by atoms with Gasteiger partial charge in [0, 0.05) is 11.5 Å². The van der Waals surface area contributed by atoms with Crippen molar-refractivity contribution in [1.29, 1.82) is 0 Å². The first-order chi connectivity index (χ1) is 11.8. The number of alkyl halides is 2. The molecule has 0 fully saturated rings. The lowest BCUT2D eigenvalue weighted by atomic mass is 9.83. The summed E-state index contributed by atoms with van der Waals surface area (Å²) in [5.41, 5.74) is 5.62. The second kappa shape index (κ2) is 6.44. The van der Waals surface area contributed by atoms with Crippen LogP contribution in [-0.2, 0) is 10.3 Å². The zero-order valence-corrected chi connectivity index (χ0v) is 14.7. The first-order valence-electron chi connectivity index (χ1n) is 7.29. The van der Waals surface area contributed by atoms with Crippen molar-refractivity contribution in [3.8, 4) is 5.75 Å². The van der Waals surface area contributed by atoms with Crippen molar-refractivity contribution in [3.05, 3.63) is 64.1 Å². The van der Waals surface area contributed by atoms with Crippen molar-refractivity contribution in [2.75, 3.05) is 7.05 Å². The summed E-state index contributed by atoms with van der Waals surface area (Å²) in [4.78, 5) is 18.7. The monoisotopic (exact) mass is 409 g/mol. The van der Waals surface area contributed by atoms with E-state index in [2.05, 4.69) is 25.7 Å². The number of carbonyl (C=O) groups is 1. The number of hydrogen-bond acceptors (Lipinski definition) is 4. The van der Waals surface area contributed by atoms with E-state index < -0.39 is 12.2 Å². The zero-order chi connectivity index (χ0) is 18.2. The van der Waals surface area contributed by atoms with Gasteiger partial charge >= 0.3 is 6.61 Å². The Balaban J connectivity index is 2.15. The molecule has 5 nitrogen and oxygen atoms in total. The normalized spacial score (nSPS) is 20.1. The summed E-state index contributed by atoms with van der Waals surface area (Å²) in [7, 11) is 1.54. The number of rotatable bonds is 4. The molecule has 2 aromatic carbocycles. The fraction of sp³-hybridized carbons (Fsp3) is 0.176. The molecule has 0 bridgehead atoms. The molecule has 0 saturated carbocycles. The molecule has 25 heavy (non-hydrogen) atoms. The number of nitrogens with zero attached hydrogens (tertiary/aromatic N) is 2. The fourth-order valence-corrected chi connectivity index (χ4v) is 3.17. The number of likely N-dealkylation sites (N-methyl/N-ethyl adjacent to an activating group) is 1. The average Bonchev–Trinajstić information content (AvgIpc) is 2.80. The van der Waals surface area contributed by atoms with Gasteiger partial charge in [0.15, 0.2) is 11.5 Å². The van der Waals surface area contributed by atoms with Gasteiger partial charge in [0.2, 0.25) is 0 Å². The number of amides is 1. The summed E-state index contributed by atoms with van der Waals surface area (Å²) in [6, 6.07) is 13.0. The van der Waals surface area contributed by atoms with Gasteiger partial charge in [-0.15, -0.1) is 0 Å². The van der Waals surface area contributed by atoms with E-state index in [0.29, 0.717) is 11.1 Å². The molecule has 2 N–H and O–H groups in total. The topological polar surface area (TPSA) is 67.9 Å². The Hall–Kier alpha value is -2.48. The molecular formula is C17H14BrF2N3O2. The highest BCUT2D eigenvalue weighted by molar-refractivity contribution is 9.10. The lowest BCUT2D eigenvalue weighted by Gasteiger charge is -2.26. The van der Waals surface area contributed by atoms with Crippen LogP contribution in [0, 0.1) is 0 Å². The summed E-state index contributed by atoms with van der Waals surface area (Å²) >= 11 is 3.39.